The average Bonchev–Trinajstić information content (AvgIpc) is 3.09. The van der Waals surface area contributed by atoms with Crippen molar-refractivity contribution < 1.29 is 9.47 Å². The Bertz CT molecular complexity index is 1410. The standard InChI is InChI=1S/C37H61N9O2/c1-11-28(40-26-20-18-17-19-21-26)36(41-30-24-33(46(15-5)16-6)35(48-10)25-31(30)44(7)8)43-37(39-12-2)42-29-23-32(45(13-3)14-4)34(47-9)22-27(29)38/h12,22-26,40-41H,11,13-21,38H2,1-10H3,(H,42,43)/b36-28-,39-12-. The van der Waals surface area contributed by atoms with Crippen LogP contribution in [0.1, 0.15) is 80.1 Å². The molecule has 1 fully saturated rings. The van der Waals surface area contributed by atoms with Crippen LogP contribution in [0.4, 0.5) is 34.1 Å². The molecule has 48 heavy (non-hydrogen) atoms. The first-order chi connectivity index (χ1) is 23.2. The summed E-state index contributed by atoms with van der Waals surface area (Å²) in [6.07, 6.45) is 8.55. The van der Waals surface area contributed by atoms with Crippen molar-refractivity contribution in [2.75, 3.05) is 85.6 Å². The number of guanidine groups is 1. The first-order valence-electron chi connectivity index (χ1n) is 17.7. The van der Waals surface area contributed by atoms with Crippen molar-refractivity contribution in [1.82, 2.24) is 5.32 Å². The highest BCUT2D eigenvalue weighted by atomic mass is 16.5. The molecule has 0 atom stereocenters. The van der Waals surface area contributed by atoms with E-state index in [2.05, 4.69) is 77.4 Å². The molecule has 11 nitrogen and oxygen atoms in total. The fourth-order valence-corrected chi connectivity index (χ4v) is 6.24. The number of hydrogen-bond donors (Lipinski definition) is 4. The smallest absolute Gasteiger partial charge is 0.228 e. The summed E-state index contributed by atoms with van der Waals surface area (Å²) in [6.45, 7) is 16.0. The van der Waals surface area contributed by atoms with Crippen LogP contribution in [0.5, 0.6) is 11.5 Å². The van der Waals surface area contributed by atoms with Gasteiger partial charge in [-0.3, -0.25) is 0 Å². The minimum atomic E-state index is 0.399. The number of ether oxygens (including phenoxy) is 2. The summed E-state index contributed by atoms with van der Waals surface area (Å²) in [6, 6.07) is 8.53. The largest absolute Gasteiger partial charge is 0.495 e. The molecule has 1 saturated carbocycles. The number of nitrogens with zero attached hydrogens (tertiary/aromatic N) is 5. The predicted molar refractivity (Wildman–Crippen MR) is 208 cm³/mol. The van der Waals surface area contributed by atoms with Gasteiger partial charge in [-0.2, -0.15) is 4.99 Å². The number of aliphatic imine (C=N–C) groups is 2. The second-order valence-corrected chi connectivity index (χ2v) is 12.1. The zero-order valence-corrected chi connectivity index (χ0v) is 31.2. The van der Waals surface area contributed by atoms with Gasteiger partial charge in [0.1, 0.15) is 11.5 Å². The van der Waals surface area contributed by atoms with E-state index in [4.69, 9.17) is 25.2 Å². The van der Waals surface area contributed by atoms with Crippen LogP contribution in [-0.4, -0.2) is 72.7 Å². The minimum absolute atomic E-state index is 0.399. The van der Waals surface area contributed by atoms with Crippen LogP contribution in [0.2, 0.25) is 0 Å². The van der Waals surface area contributed by atoms with Crippen LogP contribution >= 0.6 is 0 Å². The Morgan fingerprint density at radius 2 is 1.38 bits per heavy atom. The van der Waals surface area contributed by atoms with Crippen molar-refractivity contribution >= 4 is 46.3 Å². The lowest BCUT2D eigenvalue weighted by molar-refractivity contribution is 0.392. The maximum atomic E-state index is 6.58. The van der Waals surface area contributed by atoms with E-state index in [9.17, 15) is 0 Å². The Morgan fingerprint density at radius 1 is 0.812 bits per heavy atom. The van der Waals surface area contributed by atoms with Crippen LogP contribution in [0, 0.1) is 0 Å². The Labute approximate surface area is 289 Å². The van der Waals surface area contributed by atoms with Crippen LogP contribution in [0.3, 0.4) is 0 Å². The van der Waals surface area contributed by atoms with Gasteiger partial charge in [-0.15, -0.1) is 0 Å². The summed E-state index contributed by atoms with van der Waals surface area (Å²) >= 11 is 0. The molecule has 0 amide bonds. The molecule has 2 aromatic carbocycles. The third-order valence-electron chi connectivity index (χ3n) is 8.93. The molecular formula is C37H61N9O2. The number of nitrogens with two attached hydrogens (primary N) is 1. The summed E-state index contributed by atoms with van der Waals surface area (Å²) in [5, 5.41) is 11.1. The van der Waals surface area contributed by atoms with Gasteiger partial charge in [-0.1, -0.05) is 26.2 Å². The number of nitrogen functional groups attached to an aromatic ring is 1. The van der Waals surface area contributed by atoms with E-state index in [0.29, 0.717) is 29.2 Å². The lowest BCUT2D eigenvalue weighted by Crippen LogP contribution is -2.32. The number of hydrogen-bond acceptors (Lipinski definition) is 9. The van der Waals surface area contributed by atoms with Gasteiger partial charge < -0.3 is 45.9 Å². The summed E-state index contributed by atoms with van der Waals surface area (Å²) in [5.41, 5.74) is 12.8. The van der Waals surface area contributed by atoms with Gasteiger partial charge in [-0.05, 0) is 66.0 Å². The molecule has 0 heterocycles. The van der Waals surface area contributed by atoms with E-state index in [1.165, 1.54) is 19.3 Å². The molecule has 5 N–H and O–H groups in total. The second kappa shape index (κ2) is 18.9. The number of benzene rings is 2. The topological polar surface area (TPSA) is 115 Å². The van der Waals surface area contributed by atoms with Gasteiger partial charge in [0.25, 0.3) is 0 Å². The van der Waals surface area contributed by atoms with Crippen molar-refractivity contribution in [3.63, 3.8) is 0 Å². The lowest BCUT2D eigenvalue weighted by atomic mass is 9.95. The Balaban J connectivity index is 2.23. The number of methoxy groups -OCH3 is 2. The molecule has 1 aliphatic rings. The summed E-state index contributed by atoms with van der Waals surface area (Å²) < 4.78 is 11.6. The lowest BCUT2D eigenvalue weighted by Gasteiger charge is -2.29. The van der Waals surface area contributed by atoms with Crippen molar-refractivity contribution in [3.05, 3.63) is 35.8 Å². The molecule has 2 aromatic rings. The van der Waals surface area contributed by atoms with Crippen molar-refractivity contribution in [3.8, 4) is 11.5 Å². The summed E-state index contributed by atoms with van der Waals surface area (Å²) in [4.78, 5) is 16.5. The number of nitrogens with one attached hydrogen (secondary N) is 3. The van der Waals surface area contributed by atoms with E-state index in [1.54, 1.807) is 20.4 Å². The molecule has 0 aliphatic heterocycles. The van der Waals surface area contributed by atoms with E-state index in [-0.39, 0.29) is 0 Å². The highest BCUT2D eigenvalue weighted by Gasteiger charge is 2.21. The van der Waals surface area contributed by atoms with Crippen LogP contribution in [-0.2, 0) is 0 Å². The predicted octanol–water partition coefficient (Wildman–Crippen LogP) is 7.52. The van der Waals surface area contributed by atoms with Gasteiger partial charge in [0, 0.05) is 64.7 Å². The van der Waals surface area contributed by atoms with Gasteiger partial charge in [0.05, 0.1) is 54.0 Å². The van der Waals surface area contributed by atoms with Gasteiger partial charge >= 0.3 is 0 Å². The van der Waals surface area contributed by atoms with E-state index >= 15 is 0 Å². The number of allylic oxidation sites excluding steroid dienone is 1. The zero-order chi connectivity index (χ0) is 35.2. The molecule has 0 bridgehead atoms. The van der Waals surface area contributed by atoms with Gasteiger partial charge in [-0.25, -0.2) is 4.99 Å². The van der Waals surface area contributed by atoms with Crippen LogP contribution < -0.4 is 45.9 Å². The fourth-order valence-electron chi connectivity index (χ4n) is 6.24. The Hall–Kier alpha value is -4.28. The molecule has 0 radical (unpaired) electrons. The SMILES string of the molecule is C\C=N/C(=N\C(Nc1cc(N(CC)CC)c(OC)cc1N(C)C)=C(\CC)NC1CCCCC1)Nc1cc(N(CC)CC)c(OC)cc1N. The summed E-state index contributed by atoms with van der Waals surface area (Å²) in [5.74, 6) is 2.68. The fraction of sp³-hybridized carbons (Fsp3) is 0.568. The maximum Gasteiger partial charge on any atom is 0.228 e. The van der Waals surface area contributed by atoms with Gasteiger partial charge in [0.2, 0.25) is 5.96 Å². The average molecular weight is 664 g/mol. The van der Waals surface area contributed by atoms with Crippen molar-refractivity contribution in [1.29, 1.82) is 0 Å². The monoisotopic (exact) mass is 663 g/mol. The van der Waals surface area contributed by atoms with E-state index in [1.807, 2.05) is 33.2 Å². The molecule has 3 rings (SSSR count). The van der Waals surface area contributed by atoms with Crippen LogP contribution in [0.15, 0.2) is 45.8 Å². The second-order valence-electron chi connectivity index (χ2n) is 12.1. The van der Waals surface area contributed by atoms with Crippen LogP contribution in [0.25, 0.3) is 0 Å². The molecule has 0 spiro atoms. The number of anilines is 6. The number of rotatable bonds is 16. The van der Waals surface area contributed by atoms with E-state index in [0.717, 1.165) is 85.4 Å². The maximum absolute atomic E-state index is 6.58. The quantitative estimate of drug-likeness (QED) is 0.0823. The molecule has 0 saturated heterocycles. The third-order valence-corrected chi connectivity index (χ3v) is 8.93. The first-order valence-corrected chi connectivity index (χ1v) is 17.7. The summed E-state index contributed by atoms with van der Waals surface area (Å²) in [7, 11) is 7.48. The van der Waals surface area contributed by atoms with Crippen molar-refractivity contribution in [2.24, 2.45) is 9.98 Å². The molecule has 1 aliphatic carbocycles. The molecule has 266 valence electrons. The Kier molecular flexibility index (Phi) is 15.0. The third kappa shape index (κ3) is 9.64. The highest BCUT2D eigenvalue weighted by molar-refractivity contribution is 6.01. The molecule has 0 unspecified atom stereocenters. The zero-order valence-electron chi connectivity index (χ0n) is 31.2. The highest BCUT2D eigenvalue weighted by Crippen LogP contribution is 2.40. The normalized spacial score (nSPS) is 14.4. The molecule has 0 aromatic heterocycles. The molecular weight excluding hydrogens is 602 g/mol. The van der Waals surface area contributed by atoms with Crippen molar-refractivity contribution in [2.45, 2.75) is 86.1 Å². The first kappa shape index (κ1) is 38.2. The minimum Gasteiger partial charge on any atom is -0.495 e. The van der Waals surface area contributed by atoms with E-state index < -0.39 is 0 Å². The Morgan fingerprint density at radius 3 is 1.88 bits per heavy atom. The van der Waals surface area contributed by atoms with Gasteiger partial charge in [0.15, 0.2) is 5.82 Å². The molecule has 11 heteroatoms.